The summed E-state index contributed by atoms with van der Waals surface area (Å²) >= 11 is 0. The Morgan fingerprint density at radius 2 is 2.27 bits per heavy atom. The van der Waals surface area contributed by atoms with Gasteiger partial charge in [0.25, 0.3) is 0 Å². The summed E-state index contributed by atoms with van der Waals surface area (Å²) in [7, 11) is 0. The smallest absolute Gasteiger partial charge is 0.353 e. The van der Waals surface area contributed by atoms with Crippen molar-refractivity contribution < 1.29 is 9.90 Å². The SMILES string of the molecule is Cc1ccnc(-c2ncc(C(=O)O)[nH]2)c1. The van der Waals surface area contributed by atoms with Crippen LogP contribution in [0.2, 0.25) is 0 Å². The number of hydrogen-bond acceptors (Lipinski definition) is 3. The van der Waals surface area contributed by atoms with E-state index in [0.717, 1.165) is 5.56 Å². The van der Waals surface area contributed by atoms with Crippen LogP contribution in [0.1, 0.15) is 16.1 Å². The quantitative estimate of drug-likeness (QED) is 0.774. The van der Waals surface area contributed by atoms with Gasteiger partial charge < -0.3 is 10.1 Å². The van der Waals surface area contributed by atoms with Crippen LogP contribution in [0.15, 0.2) is 24.5 Å². The molecule has 0 saturated heterocycles. The van der Waals surface area contributed by atoms with Crippen LogP contribution in [0, 0.1) is 6.92 Å². The standard InChI is InChI=1S/C10H9N3O2/c1-6-2-3-11-7(4-6)9-12-5-8(13-9)10(14)15/h2-5H,1H3,(H,12,13)(H,14,15). The molecule has 0 bridgehead atoms. The van der Waals surface area contributed by atoms with Crippen molar-refractivity contribution >= 4 is 5.97 Å². The molecular formula is C10H9N3O2. The van der Waals surface area contributed by atoms with Crippen LogP contribution >= 0.6 is 0 Å². The molecule has 0 aliphatic carbocycles. The molecule has 0 radical (unpaired) electrons. The second-order valence-electron chi connectivity index (χ2n) is 3.17. The van der Waals surface area contributed by atoms with Gasteiger partial charge in [0, 0.05) is 6.20 Å². The second kappa shape index (κ2) is 3.53. The van der Waals surface area contributed by atoms with Gasteiger partial charge in [0.05, 0.1) is 6.20 Å². The van der Waals surface area contributed by atoms with E-state index in [1.54, 1.807) is 6.20 Å². The summed E-state index contributed by atoms with van der Waals surface area (Å²) in [6.45, 7) is 1.94. The molecule has 0 unspecified atom stereocenters. The number of hydrogen-bond donors (Lipinski definition) is 2. The summed E-state index contributed by atoms with van der Waals surface area (Å²) in [6.07, 6.45) is 2.94. The van der Waals surface area contributed by atoms with Crippen LogP contribution in [0.3, 0.4) is 0 Å². The number of carbonyl (C=O) groups is 1. The predicted octanol–water partition coefficient (Wildman–Crippen LogP) is 1.48. The van der Waals surface area contributed by atoms with Crippen molar-refractivity contribution in [1.82, 2.24) is 15.0 Å². The molecule has 5 heteroatoms. The highest BCUT2D eigenvalue weighted by Crippen LogP contribution is 2.13. The van der Waals surface area contributed by atoms with Crippen LogP contribution in [0.4, 0.5) is 0 Å². The molecule has 0 aliphatic heterocycles. The third-order valence-corrected chi connectivity index (χ3v) is 1.96. The number of imidazole rings is 1. The number of aromatic nitrogens is 3. The van der Waals surface area contributed by atoms with Gasteiger partial charge in [-0.05, 0) is 24.6 Å². The molecule has 2 aromatic rings. The van der Waals surface area contributed by atoms with Crippen molar-refractivity contribution in [3.05, 3.63) is 35.8 Å². The van der Waals surface area contributed by atoms with Crippen molar-refractivity contribution in [3.63, 3.8) is 0 Å². The number of pyridine rings is 1. The molecule has 76 valence electrons. The van der Waals surface area contributed by atoms with E-state index in [-0.39, 0.29) is 5.69 Å². The summed E-state index contributed by atoms with van der Waals surface area (Å²) in [5.41, 5.74) is 1.75. The first-order valence-corrected chi connectivity index (χ1v) is 4.38. The van der Waals surface area contributed by atoms with E-state index in [0.29, 0.717) is 11.5 Å². The van der Waals surface area contributed by atoms with Crippen molar-refractivity contribution in [3.8, 4) is 11.5 Å². The first-order chi connectivity index (χ1) is 7.16. The average Bonchev–Trinajstić information content (AvgIpc) is 2.66. The fourth-order valence-electron chi connectivity index (χ4n) is 1.23. The van der Waals surface area contributed by atoms with Gasteiger partial charge in [0.15, 0.2) is 5.82 Å². The zero-order chi connectivity index (χ0) is 10.8. The van der Waals surface area contributed by atoms with Crippen molar-refractivity contribution in [2.45, 2.75) is 6.92 Å². The summed E-state index contributed by atoms with van der Waals surface area (Å²) < 4.78 is 0. The molecule has 5 nitrogen and oxygen atoms in total. The molecule has 0 spiro atoms. The number of carboxylic acid groups (broad SMARTS) is 1. The highest BCUT2D eigenvalue weighted by molar-refractivity contribution is 5.85. The fraction of sp³-hybridized carbons (Fsp3) is 0.100. The van der Waals surface area contributed by atoms with Gasteiger partial charge in [-0.15, -0.1) is 0 Å². The largest absolute Gasteiger partial charge is 0.477 e. The third-order valence-electron chi connectivity index (χ3n) is 1.96. The number of nitrogens with one attached hydrogen (secondary N) is 1. The van der Waals surface area contributed by atoms with Gasteiger partial charge >= 0.3 is 5.97 Å². The van der Waals surface area contributed by atoms with Crippen LogP contribution in [0.25, 0.3) is 11.5 Å². The molecule has 0 fully saturated rings. The highest BCUT2D eigenvalue weighted by Gasteiger charge is 2.09. The third kappa shape index (κ3) is 1.85. The van der Waals surface area contributed by atoms with E-state index in [2.05, 4.69) is 15.0 Å². The molecular weight excluding hydrogens is 194 g/mol. The van der Waals surface area contributed by atoms with Gasteiger partial charge in [-0.25, -0.2) is 9.78 Å². The zero-order valence-electron chi connectivity index (χ0n) is 8.06. The lowest BCUT2D eigenvalue weighted by molar-refractivity contribution is 0.0691. The minimum atomic E-state index is -1.03. The molecule has 0 amide bonds. The van der Waals surface area contributed by atoms with E-state index in [1.807, 2.05) is 19.1 Å². The Balaban J connectivity index is 2.41. The van der Waals surface area contributed by atoms with Gasteiger partial charge in [-0.1, -0.05) is 0 Å². The number of aryl methyl sites for hydroxylation is 1. The van der Waals surface area contributed by atoms with Gasteiger partial charge in [-0.3, -0.25) is 4.98 Å². The summed E-state index contributed by atoms with van der Waals surface area (Å²) in [5.74, 6) is -0.558. The predicted molar refractivity (Wildman–Crippen MR) is 53.5 cm³/mol. The topological polar surface area (TPSA) is 78.9 Å². The van der Waals surface area contributed by atoms with Crippen LogP contribution in [0.5, 0.6) is 0 Å². The monoisotopic (exact) mass is 203 g/mol. The summed E-state index contributed by atoms with van der Waals surface area (Å²) in [6, 6.07) is 3.70. The maximum Gasteiger partial charge on any atom is 0.353 e. The zero-order valence-corrected chi connectivity index (χ0v) is 8.06. The van der Waals surface area contributed by atoms with Crippen molar-refractivity contribution in [2.75, 3.05) is 0 Å². The molecule has 15 heavy (non-hydrogen) atoms. The molecule has 0 aliphatic rings. The normalized spacial score (nSPS) is 10.2. The minimum Gasteiger partial charge on any atom is -0.477 e. The summed E-state index contributed by atoms with van der Waals surface area (Å²) in [4.78, 5) is 21.3. The lowest BCUT2D eigenvalue weighted by Gasteiger charge is -1.96. The van der Waals surface area contributed by atoms with E-state index >= 15 is 0 Å². The minimum absolute atomic E-state index is 0.0632. The molecule has 2 aromatic heterocycles. The van der Waals surface area contributed by atoms with E-state index in [9.17, 15) is 4.79 Å². The molecule has 2 rings (SSSR count). The summed E-state index contributed by atoms with van der Waals surface area (Å²) in [5, 5.41) is 8.71. The Bertz CT molecular complexity index is 505. The number of H-pyrrole nitrogens is 1. The lowest BCUT2D eigenvalue weighted by atomic mass is 10.2. The number of aromatic amines is 1. The van der Waals surface area contributed by atoms with E-state index in [4.69, 9.17) is 5.11 Å². The highest BCUT2D eigenvalue weighted by atomic mass is 16.4. The van der Waals surface area contributed by atoms with Crippen LogP contribution in [-0.4, -0.2) is 26.0 Å². The number of carboxylic acids is 1. The number of nitrogens with zero attached hydrogens (tertiary/aromatic N) is 2. The van der Waals surface area contributed by atoms with E-state index < -0.39 is 5.97 Å². The lowest BCUT2D eigenvalue weighted by Crippen LogP contribution is -1.95. The second-order valence-corrected chi connectivity index (χ2v) is 3.17. The first kappa shape index (κ1) is 9.39. The average molecular weight is 203 g/mol. The van der Waals surface area contributed by atoms with Gasteiger partial charge in [-0.2, -0.15) is 0 Å². The van der Waals surface area contributed by atoms with Crippen LogP contribution in [-0.2, 0) is 0 Å². The Morgan fingerprint density at radius 1 is 1.47 bits per heavy atom. The fourth-order valence-corrected chi connectivity index (χ4v) is 1.23. The Labute approximate surface area is 85.8 Å². The van der Waals surface area contributed by atoms with Crippen molar-refractivity contribution in [1.29, 1.82) is 0 Å². The molecule has 0 saturated carbocycles. The number of aromatic carboxylic acids is 1. The maximum absolute atomic E-state index is 10.6. The van der Waals surface area contributed by atoms with Gasteiger partial charge in [0.2, 0.25) is 0 Å². The Morgan fingerprint density at radius 3 is 2.87 bits per heavy atom. The number of rotatable bonds is 2. The Kier molecular flexibility index (Phi) is 2.21. The first-order valence-electron chi connectivity index (χ1n) is 4.38. The molecule has 2 heterocycles. The Hall–Kier alpha value is -2.17. The molecule has 0 aromatic carbocycles. The molecule has 0 atom stereocenters. The van der Waals surface area contributed by atoms with Gasteiger partial charge in [0.1, 0.15) is 11.4 Å². The van der Waals surface area contributed by atoms with E-state index in [1.165, 1.54) is 6.20 Å². The van der Waals surface area contributed by atoms with Crippen LogP contribution < -0.4 is 0 Å². The molecule has 2 N–H and O–H groups in total. The maximum atomic E-state index is 10.6. The van der Waals surface area contributed by atoms with Crippen molar-refractivity contribution in [2.24, 2.45) is 0 Å².